The van der Waals surface area contributed by atoms with Crippen LogP contribution < -0.4 is 5.73 Å². The number of nitrogens with two attached hydrogens (primary N) is 1. The first-order chi connectivity index (χ1) is 8.64. The highest BCUT2D eigenvalue weighted by atomic mass is 35.5. The maximum absolute atomic E-state index is 12.5. The number of rotatable bonds is 4. The van der Waals surface area contributed by atoms with Crippen molar-refractivity contribution in [1.82, 2.24) is 8.61 Å². The lowest BCUT2D eigenvalue weighted by molar-refractivity contribution is 0.232. The first-order valence-corrected chi connectivity index (χ1v) is 8.49. The van der Waals surface area contributed by atoms with Crippen LogP contribution in [-0.2, 0) is 10.2 Å². The molecule has 2 rings (SSSR count). The molecule has 0 saturated carbocycles. The molecule has 2 N–H and O–H groups in total. The number of hydrogen-bond donors (Lipinski definition) is 1. The lowest BCUT2D eigenvalue weighted by Crippen LogP contribution is -2.49. The van der Waals surface area contributed by atoms with Crippen LogP contribution >= 0.6 is 12.4 Å². The third-order valence-electron chi connectivity index (χ3n) is 4.02. The minimum atomic E-state index is -3.21. The summed E-state index contributed by atoms with van der Waals surface area (Å²) in [4.78, 5) is 0. The maximum Gasteiger partial charge on any atom is 0.281 e. The molecule has 2 fully saturated rings. The minimum Gasteiger partial charge on any atom is -0.330 e. The van der Waals surface area contributed by atoms with Gasteiger partial charge in [-0.3, -0.25) is 0 Å². The predicted octanol–water partition coefficient (Wildman–Crippen LogP) is 1.20. The maximum atomic E-state index is 12.5. The van der Waals surface area contributed by atoms with Gasteiger partial charge in [0.2, 0.25) is 0 Å². The van der Waals surface area contributed by atoms with E-state index in [0.29, 0.717) is 38.6 Å². The van der Waals surface area contributed by atoms with Crippen molar-refractivity contribution in [1.29, 1.82) is 0 Å². The molecule has 0 spiro atoms. The van der Waals surface area contributed by atoms with Crippen LogP contribution in [0.4, 0.5) is 0 Å². The molecule has 1 unspecified atom stereocenters. The van der Waals surface area contributed by atoms with Gasteiger partial charge in [-0.15, -0.1) is 12.4 Å². The summed E-state index contributed by atoms with van der Waals surface area (Å²) in [6.07, 6.45) is 6.17. The molecule has 0 aromatic rings. The zero-order valence-electron chi connectivity index (χ0n) is 11.5. The van der Waals surface area contributed by atoms with Crippen molar-refractivity contribution in [3.63, 3.8) is 0 Å². The van der Waals surface area contributed by atoms with Crippen LogP contribution in [0.2, 0.25) is 0 Å². The Labute approximate surface area is 123 Å². The molecule has 1 atom stereocenters. The summed E-state index contributed by atoms with van der Waals surface area (Å²) in [7, 11) is -3.21. The van der Waals surface area contributed by atoms with E-state index in [2.05, 4.69) is 0 Å². The Bertz CT molecular complexity index is 356. The molecule has 0 radical (unpaired) electrons. The van der Waals surface area contributed by atoms with Crippen molar-refractivity contribution in [3.8, 4) is 0 Å². The Morgan fingerprint density at radius 1 is 1.00 bits per heavy atom. The molecule has 19 heavy (non-hydrogen) atoms. The van der Waals surface area contributed by atoms with Crippen molar-refractivity contribution in [2.75, 3.05) is 32.7 Å². The predicted molar refractivity (Wildman–Crippen MR) is 79.6 cm³/mol. The van der Waals surface area contributed by atoms with Gasteiger partial charge in [0.1, 0.15) is 0 Å². The van der Waals surface area contributed by atoms with Crippen LogP contribution in [0.1, 0.15) is 38.5 Å². The number of halogens is 1. The van der Waals surface area contributed by atoms with E-state index in [1.165, 1.54) is 0 Å². The SMILES string of the molecule is Cl.NCCC1CCCN(S(=O)(=O)N2CCCCC2)C1. The second-order valence-corrected chi connectivity index (χ2v) is 7.34. The molecule has 0 aromatic carbocycles. The first kappa shape index (κ1) is 17.2. The molecular weight excluding hydrogens is 286 g/mol. The highest BCUT2D eigenvalue weighted by Crippen LogP contribution is 2.24. The van der Waals surface area contributed by atoms with Crippen molar-refractivity contribution in [3.05, 3.63) is 0 Å². The number of hydrogen-bond acceptors (Lipinski definition) is 3. The van der Waals surface area contributed by atoms with Gasteiger partial charge in [0.15, 0.2) is 0 Å². The molecule has 7 heteroatoms. The second kappa shape index (κ2) is 7.78. The second-order valence-electron chi connectivity index (χ2n) is 5.41. The number of nitrogens with zero attached hydrogens (tertiary/aromatic N) is 2. The topological polar surface area (TPSA) is 66.6 Å². The van der Waals surface area contributed by atoms with Gasteiger partial charge in [-0.05, 0) is 44.6 Å². The van der Waals surface area contributed by atoms with Gasteiger partial charge >= 0.3 is 0 Å². The summed E-state index contributed by atoms with van der Waals surface area (Å²) in [6, 6.07) is 0. The normalized spacial score (nSPS) is 26.9. The van der Waals surface area contributed by atoms with E-state index < -0.39 is 10.2 Å². The highest BCUT2D eigenvalue weighted by Gasteiger charge is 2.33. The van der Waals surface area contributed by atoms with Crippen LogP contribution in [0.3, 0.4) is 0 Å². The zero-order chi connectivity index (χ0) is 13.0. The molecule has 2 saturated heterocycles. The van der Waals surface area contributed by atoms with Crippen LogP contribution in [0.15, 0.2) is 0 Å². The van der Waals surface area contributed by atoms with Gasteiger partial charge in [0.05, 0.1) is 0 Å². The summed E-state index contributed by atoms with van der Waals surface area (Å²) >= 11 is 0. The smallest absolute Gasteiger partial charge is 0.281 e. The van der Waals surface area contributed by atoms with Crippen molar-refractivity contribution in [2.45, 2.75) is 38.5 Å². The summed E-state index contributed by atoms with van der Waals surface area (Å²) < 4.78 is 28.4. The van der Waals surface area contributed by atoms with Crippen LogP contribution in [0, 0.1) is 5.92 Å². The first-order valence-electron chi connectivity index (χ1n) is 7.10. The van der Waals surface area contributed by atoms with E-state index in [-0.39, 0.29) is 12.4 Å². The average Bonchev–Trinajstić information content (AvgIpc) is 2.40. The van der Waals surface area contributed by atoms with Crippen molar-refractivity contribution >= 4 is 22.6 Å². The summed E-state index contributed by atoms with van der Waals surface area (Å²) in [5.74, 6) is 0.448. The largest absolute Gasteiger partial charge is 0.330 e. The molecule has 0 amide bonds. The molecule has 0 bridgehead atoms. The lowest BCUT2D eigenvalue weighted by Gasteiger charge is -2.36. The molecular formula is C12H26ClN3O2S. The fourth-order valence-electron chi connectivity index (χ4n) is 2.97. The third-order valence-corrected chi connectivity index (χ3v) is 6.03. The minimum absolute atomic E-state index is 0. The molecule has 2 heterocycles. The highest BCUT2D eigenvalue weighted by molar-refractivity contribution is 7.86. The van der Waals surface area contributed by atoms with E-state index in [1.54, 1.807) is 8.61 Å². The number of piperidine rings is 2. The molecule has 2 aliphatic rings. The van der Waals surface area contributed by atoms with Gasteiger partial charge in [-0.1, -0.05) is 6.42 Å². The molecule has 0 aliphatic carbocycles. The Morgan fingerprint density at radius 3 is 2.26 bits per heavy atom. The quantitative estimate of drug-likeness (QED) is 0.848. The standard InChI is InChI=1S/C12H25N3O2S.ClH/c13-7-6-12-5-4-10-15(11-12)18(16,17)14-8-2-1-3-9-14;/h12H,1-11,13H2;1H. The van der Waals surface area contributed by atoms with E-state index >= 15 is 0 Å². The van der Waals surface area contributed by atoms with Gasteiger partial charge in [-0.25, -0.2) is 0 Å². The van der Waals surface area contributed by atoms with Crippen molar-refractivity contribution < 1.29 is 8.42 Å². The van der Waals surface area contributed by atoms with E-state index in [9.17, 15) is 8.42 Å². The average molecular weight is 312 g/mol. The van der Waals surface area contributed by atoms with Crippen LogP contribution in [-0.4, -0.2) is 49.8 Å². The molecule has 114 valence electrons. The zero-order valence-corrected chi connectivity index (χ0v) is 13.1. The van der Waals surface area contributed by atoms with Crippen LogP contribution in [0.25, 0.3) is 0 Å². The summed E-state index contributed by atoms with van der Waals surface area (Å²) in [6.45, 7) is 3.39. The fraction of sp³-hybridized carbons (Fsp3) is 1.00. The molecule has 5 nitrogen and oxygen atoms in total. The Kier molecular flexibility index (Phi) is 7.04. The van der Waals surface area contributed by atoms with E-state index in [0.717, 1.165) is 38.5 Å². The summed E-state index contributed by atoms with van der Waals surface area (Å²) in [5.41, 5.74) is 5.58. The van der Waals surface area contributed by atoms with E-state index in [4.69, 9.17) is 5.73 Å². The molecule has 2 aliphatic heterocycles. The Morgan fingerprint density at radius 2 is 1.63 bits per heavy atom. The third kappa shape index (κ3) is 4.29. The fourth-order valence-corrected chi connectivity index (χ4v) is 4.77. The Hall–Kier alpha value is 0.120. The van der Waals surface area contributed by atoms with Gasteiger partial charge in [0.25, 0.3) is 10.2 Å². The van der Waals surface area contributed by atoms with Crippen LogP contribution in [0.5, 0.6) is 0 Å². The monoisotopic (exact) mass is 311 g/mol. The van der Waals surface area contributed by atoms with Gasteiger partial charge < -0.3 is 5.73 Å². The van der Waals surface area contributed by atoms with Gasteiger partial charge in [-0.2, -0.15) is 17.0 Å². The summed E-state index contributed by atoms with van der Waals surface area (Å²) in [5, 5.41) is 0. The lowest BCUT2D eigenvalue weighted by atomic mass is 9.96. The van der Waals surface area contributed by atoms with E-state index in [1.807, 2.05) is 0 Å². The van der Waals surface area contributed by atoms with Crippen molar-refractivity contribution in [2.24, 2.45) is 11.7 Å². The molecule has 0 aromatic heterocycles. The Balaban J connectivity index is 0.00000180. The van der Waals surface area contributed by atoms with Gasteiger partial charge in [0, 0.05) is 26.2 Å².